The van der Waals surface area contributed by atoms with Crippen LogP contribution in [-0.4, -0.2) is 20.0 Å². The summed E-state index contributed by atoms with van der Waals surface area (Å²) < 4.78 is 1.75. The van der Waals surface area contributed by atoms with Crippen molar-refractivity contribution in [1.29, 1.82) is 0 Å². The molecule has 0 aliphatic rings. The molecule has 0 radical (unpaired) electrons. The van der Waals surface area contributed by atoms with E-state index in [9.17, 15) is 0 Å². The molecule has 2 aromatic rings. The first-order valence-corrected chi connectivity index (χ1v) is 5.06. The second-order valence-electron chi connectivity index (χ2n) is 3.45. The maximum Gasteiger partial charge on any atom is 0.155 e. The monoisotopic (exact) mass is 209 g/mol. The second-order valence-corrected chi connectivity index (χ2v) is 4.14. The summed E-state index contributed by atoms with van der Waals surface area (Å²) in [5.74, 6) is 0.261. The molecule has 4 heteroatoms. The van der Waals surface area contributed by atoms with Gasteiger partial charge in [0.2, 0.25) is 0 Å². The molecule has 0 spiro atoms. The molecular weight excluding hydrogens is 198 g/mol. The molecule has 0 fully saturated rings. The zero-order chi connectivity index (χ0) is 10.1. The molecule has 0 aliphatic carbocycles. The molecule has 0 N–H and O–H groups in total. The highest BCUT2D eigenvalue weighted by molar-refractivity contribution is 6.20. The molecule has 0 bridgehead atoms. The van der Waals surface area contributed by atoms with Crippen molar-refractivity contribution < 1.29 is 0 Å². The van der Waals surface area contributed by atoms with Gasteiger partial charge in [-0.3, -0.25) is 0 Å². The third-order valence-electron chi connectivity index (χ3n) is 2.44. The van der Waals surface area contributed by atoms with Gasteiger partial charge in [0.25, 0.3) is 0 Å². The van der Waals surface area contributed by atoms with Gasteiger partial charge in [0.1, 0.15) is 0 Å². The molecule has 2 unspecified atom stereocenters. The van der Waals surface area contributed by atoms with E-state index in [2.05, 4.69) is 17.0 Å². The van der Waals surface area contributed by atoms with Gasteiger partial charge in [-0.1, -0.05) is 6.92 Å². The minimum absolute atomic E-state index is 0.0906. The van der Waals surface area contributed by atoms with E-state index < -0.39 is 0 Å². The molecule has 0 aromatic carbocycles. The number of hydrogen-bond acceptors (Lipinski definition) is 2. The summed E-state index contributed by atoms with van der Waals surface area (Å²) in [6.45, 7) is 4.06. The Balaban J connectivity index is 2.43. The summed E-state index contributed by atoms with van der Waals surface area (Å²) >= 11 is 6.03. The minimum atomic E-state index is 0.0906. The van der Waals surface area contributed by atoms with Crippen LogP contribution in [0.3, 0.4) is 0 Å². The fourth-order valence-corrected chi connectivity index (χ4v) is 1.45. The molecule has 2 rings (SSSR count). The lowest BCUT2D eigenvalue weighted by Gasteiger charge is -2.12. The Morgan fingerprint density at radius 3 is 2.86 bits per heavy atom. The average Bonchev–Trinajstić information content (AvgIpc) is 2.62. The Labute approximate surface area is 87.7 Å². The van der Waals surface area contributed by atoms with Gasteiger partial charge in [0.05, 0.1) is 6.20 Å². The molecule has 0 saturated heterocycles. The maximum absolute atomic E-state index is 6.03. The Morgan fingerprint density at radius 1 is 1.36 bits per heavy atom. The van der Waals surface area contributed by atoms with Gasteiger partial charge in [-0.05, 0) is 13.0 Å². The van der Waals surface area contributed by atoms with E-state index >= 15 is 0 Å². The van der Waals surface area contributed by atoms with Crippen molar-refractivity contribution in [3.05, 3.63) is 30.2 Å². The van der Waals surface area contributed by atoms with Crippen molar-refractivity contribution in [2.75, 3.05) is 0 Å². The predicted octanol–water partition coefficient (Wildman–Crippen LogP) is 2.46. The molecule has 2 atom stereocenters. The van der Waals surface area contributed by atoms with Crippen LogP contribution in [-0.2, 0) is 0 Å². The SMILES string of the molecule is CC(Cl)C(C)c1ccn2nccc2n1. The molecule has 2 aromatic heterocycles. The predicted molar refractivity (Wildman–Crippen MR) is 56.7 cm³/mol. The number of fused-ring (bicyclic) bond motifs is 1. The Morgan fingerprint density at radius 2 is 2.14 bits per heavy atom. The smallest absolute Gasteiger partial charge is 0.155 e. The van der Waals surface area contributed by atoms with Crippen molar-refractivity contribution in [1.82, 2.24) is 14.6 Å². The molecule has 14 heavy (non-hydrogen) atoms. The van der Waals surface area contributed by atoms with Gasteiger partial charge in [0.15, 0.2) is 5.65 Å². The third kappa shape index (κ3) is 1.60. The molecule has 0 aliphatic heterocycles. The largest absolute Gasteiger partial charge is 0.233 e. The number of rotatable bonds is 2. The topological polar surface area (TPSA) is 30.2 Å². The van der Waals surface area contributed by atoms with Crippen molar-refractivity contribution in [3.63, 3.8) is 0 Å². The first-order valence-electron chi connectivity index (χ1n) is 4.63. The van der Waals surface area contributed by atoms with Crippen LogP contribution < -0.4 is 0 Å². The normalized spacial score (nSPS) is 15.6. The van der Waals surface area contributed by atoms with Crippen LogP contribution in [0.1, 0.15) is 25.5 Å². The molecule has 0 amide bonds. The molecular formula is C10H12ClN3. The zero-order valence-corrected chi connectivity index (χ0v) is 8.94. The van der Waals surface area contributed by atoms with Gasteiger partial charge < -0.3 is 0 Å². The summed E-state index contributed by atoms with van der Waals surface area (Å²) in [5, 5.41) is 4.18. The fraction of sp³-hybridized carbons (Fsp3) is 0.400. The van der Waals surface area contributed by atoms with Gasteiger partial charge in [-0.25, -0.2) is 9.50 Å². The summed E-state index contributed by atoms with van der Waals surface area (Å²) in [6.07, 6.45) is 3.65. The van der Waals surface area contributed by atoms with Crippen LogP contribution in [0.4, 0.5) is 0 Å². The van der Waals surface area contributed by atoms with E-state index in [1.165, 1.54) is 0 Å². The summed E-state index contributed by atoms with van der Waals surface area (Å²) in [4.78, 5) is 4.47. The van der Waals surface area contributed by atoms with E-state index in [1.807, 2.05) is 25.3 Å². The Bertz CT molecular complexity index is 436. The van der Waals surface area contributed by atoms with E-state index in [-0.39, 0.29) is 11.3 Å². The summed E-state index contributed by atoms with van der Waals surface area (Å²) in [5.41, 5.74) is 1.88. The van der Waals surface area contributed by atoms with Crippen molar-refractivity contribution in [3.8, 4) is 0 Å². The molecule has 74 valence electrons. The molecule has 3 nitrogen and oxygen atoms in total. The maximum atomic E-state index is 6.03. The molecule has 2 heterocycles. The van der Waals surface area contributed by atoms with Gasteiger partial charge >= 0.3 is 0 Å². The van der Waals surface area contributed by atoms with Gasteiger partial charge in [-0.2, -0.15) is 5.10 Å². The van der Waals surface area contributed by atoms with Crippen LogP contribution >= 0.6 is 11.6 Å². The van der Waals surface area contributed by atoms with E-state index in [0.717, 1.165) is 11.3 Å². The summed E-state index contributed by atoms with van der Waals surface area (Å²) in [7, 11) is 0. The van der Waals surface area contributed by atoms with Gasteiger partial charge in [0, 0.05) is 29.3 Å². The van der Waals surface area contributed by atoms with Crippen LogP contribution in [0.25, 0.3) is 5.65 Å². The van der Waals surface area contributed by atoms with Crippen LogP contribution in [0.5, 0.6) is 0 Å². The number of halogens is 1. The van der Waals surface area contributed by atoms with E-state index in [4.69, 9.17) is 11.6 Å². The number of nitrogens with zero attached hydrogens (tertiary/aromatic N) is 3. The van der Waals surface area contributed by atoms with E-state index in [1.54, 1.807) is 10.7 Å². The highest BCUT2D eigenvalue weighted by atomic mass is 35.5. The van der Waals surface area contributed by atoms with Gasteiger partial charge in [-0.15, -0.1) is 11.6 Å². The quantitative estimate of drug-likeness (QED) is 0.712. The highest BCUT2D eigenvalue weighted by Gasteiger charge is 2.13. The Kier molecular flexibility index (Phi) is 2.42. The van der Waals surface area contributed by atoms with Crippen molar-refractivity contribution >= 4 is 17.2 Å². The molecule has 0 saturated carbocycles. The standard InChI is InChI=1S/C10H12ClN3/c1-7(8(2)11)9-4-6-14-10(13-9)3-5-12-14/h3-8H,1-2H3. The highest BCUT2D eigenvalue weighted by Crippen LogP contribution is 2.21. The fourth-order valence-electron chi connectivity index (χ4n) is 1.32. The zero-order valence-electron chi connectivity index (χ0n) is 8.18. The van der Waals surface area contributed by atoms with Crippen LogP contribution in [0, 0.1) is 0 Å². The second kappa shape index (κ2) is 3.58. The average molecular weight is 210 g/mol. The Hall–Kier alpha value is -1.09. The lowest BCUT2D eigenvalue weighted by atomic mass is 10.0. The first kappa shape index (κ1) is 9.46. The van der Waals surface area contributed by atoms with Crippen molar-refractivity contribution in [2.24, 2.45) is 0 Å². The first-order chi connectivity index (χ1) is 6.68. The lowest BCUT2D eigenvalue weighted by Crippen LogP contribution is -2.07. The van der Waals surface area contributed by atoms with E-state index in [0.29, 0.717) is 0 Å². The minimum Gasteiger partial charge on any atom is -0.233 e. The number of aromatic nitrogens is 3. The van der Waals surface area contributed by atoms with Crippen LogP contribution in [0.2, 0.25) is 0 Å². The third-order valence-corrected chi connectivity index (χ3v) is 2.81. The van der Waals surface area contributed by atoms with Crippen LogP contribution in [0.15, 0.2) is 24.5 Å². The number of alkyl halides is 1. The number of hydrogen-bond donors (Lipinski definition) is 0. The van der Waals surface area contributed by atoms with Crippen molar-refractivity contribution in [2.45, 2.75) is 25.1 Å². The summed E-state index contributed by atoms with van der Waals surface area (Å²) in [6, 6.07) is 3.85. The lowest BCUT2D eigenvalue weighted by molar-refractivity contribution is 0.713.